The van der Waals surface area contributed by atoms with Crippen LogP contribution in [0.2, 0.25) is 0 Å². The number of aliphatic hydroxyl groups excluding tert-OH is 1. The molecule has 10 heteroatoms. The Morgan fingerprint density at radius 1 is 1.14 bits per heavy atom. The standard InChI is InChI=1S/C33H46N4O5S/c1-5-14-34(4)29(39)26-27-30(40)37(25(23-38)22-24-10-8-7-9-11-24)28(33(27)13-12-32(26,3)43-33)31(41)36(15-6-2)17-16-35-18-20-42-21-19-35/h5-11,25-28,38H,1-2,12-23H2,3-4H3/t25-,26+,27+,28?,32-,33?/m1/s1. The number of thioether (sulfide) groups is 1. The third kappa shape index (κ3) is 5.79. The minimum atomic E-state index is -0.787. The number of aliphatic hydroxyl groups is 1. The molecule has 2 bridgehead atoms. The van der Waals surface area contributed by atoms with E-state index >= 15 is 0 Å². The predicted octanol–water partition coefficient (Wildman–Crippen LogP) is 2.06. The first-order chi connectivity index (χ1) is 20.7. The summed E-state index contributed by atoms with van der Waals surface area (Å²) in [5.74, 6) is -1.59. The summed E-state index contributed by atoms with van der Waals surface area (Å²) in [6.45, 7) is 14.5. The number of likely N-dealkylation sites (N-methyl/N-ethyl adjacent to an activating group) is 1. The fourth-order valence-electron chi connectivity index (χ4n) is 7.78. The van der Waals surface area contributed by atoms with Crippen molar-refractivity contribution in [3.63, 3.8) is 0 Å². The number of nitrogens with zero attached hydrogens (tertiary/aromatic N) is 4. The second kappa shape index (κ2) is 13.1. The van der Waals surface area contributed by atoms with Crippen LogP contribution in [0.5, 0.6) is 0 Å². The molecule has 4 aliphatic heterocycles. The Balaban J connectivity index is 1.53. The summed E-state index contributed by atoms with van der Waals surface area (Å²) in [6, 6.07) is 8.37. The Bertz CT molecular complexity index is 1210. The maximum atomic E-state index is 14.8. The quantitative estimate of drug-likeness (QED) is 0.342. The molecule has 234 valence electrons. The summed E-state index contributed by atoms with van der Waals surface area (Å²) in [5, 5.41) is 10.7. The highest BCUT2D eigenvalue weighted by atomic mass is 32.2. The van der Waals surface area contributed by atoms with Crippen molar-refractivity contribution in [1.29, 1.82) is 0 Å². The molecule has 0 aliphatic carbocycles. The number of likely N-dealkylation sites (tertiary alicyclic amines) is 1. The van der Waals surface area contributed by atoms with Gasteiger partial charge in [0.25, 0.3) is 0 Å². The minimum Gasteiger partial charge on any atom is -0.394 e. The van der Waals surface area contributed by atoms with Crippen LogP contribution in [0.3, 0.4) is 0 Å². The van der Waals surface area contributed by atoms with Crippen LogP contribution < -0.4 is 0 Å². The number of morpholine rings is 1. The van der Waals surface area contributed by atoms with Crippen molar-refractivity contribution >= 4 is 29.5 Å². The molecule has 4 aliphatic rings. The predicted molar refractivity (Wildman–Crippen MR) is 168 cm³/mol. The Morgan fingerprint density at radius 3 is 2.49 bits per heavy atom. The molecular weight excluding hydrogens is 564 g/mol. The monoisotopic (exact) mass is 610 g/mol. The SMILES string of the molecule is C=CCN(C)C(=O)[C@@H]1[C@H]2C(=O)N([C@@H](CO)Cc3ccccc3)C(C(=O)N(CC=C)CCN3CCOCC3)C23CC[C@@]1(C)S3. The molecule has 4 heterocycles. The first kappa shape index (κ1) is 31.8. The molecule has 1 aromatic carbocycles. The van der Waals surface area contributed by atoms with E-state index in [4.69, 9.17) is 4.74 Å². The third-order valence-electron chi connectivity index (χ3n) is 9.86. The second-order valence-corrected chi connectivity index (χ2v) is 14.4. The van der Waals surface area contributed by atoms with Crippen molar-refractivity contribution in [3.8, 4) is 0 Å². The van der Waals surface area contributed by atoms with Crippen molar-refractivity contribution in [3.05, 3.63) is 61.2 Å². The molecule has 2 unspecified atom stereocenters. The number of hydrogen-bond acceptors (Lipinski definition) is 7. The summed E-state index contributed by atoms with van der Waals surface area (Å²) in [5.41, 5.74) is 0.979. The maximum absolute atomic E-state index is 14.8. The number of carbonyl (C=O) groups excluding carboxylic acids is 3. The van der Waals surface area contributed by atoms with Crippen molar-refractivity contribution in [2.75, 3.05) is 66.1 Å². The van der Waals surface area contributed by atoms with E-state index in [0.717, 1.165) is 25.1 Å². The van der Waals surface area contributed by atoms with Gasteiger partial charge in [-0.25, -0.2) is 0 Å². The first-order valence-corrected chi connectivity index (χ1v) is 16.2. The van der Waals surface area contributed by atoms with E-state index < -0.39 is 33.4 Å². The zero-order valence-corrected chi connectivity index (χ0v) is 26.3. The van der Waals surface area contributed by atoms with Gasteiger partial charge in [-0.2, -0.15) is 0 Å². The number of carbonyl (C=O) groups is 3. The van der Waals surface area contributed by atoms with Gasteiger partial charge in [-0.1, -0.05) is 42.5 Å². The van der Waals surface area contributed by atoms with Gasteiger partial charge in [-0.3, -0.25) is 19.3 Å². The van der Waals surface area contributed by atoms with E-state index in [1.807, 2.05) is 35.2 Å². The van der Waals surface area contributed by atoms with Crippen LogP contribution in [-0.4, -0.2) is 130 Å². The van der Waals surface area contributed by atoms with Gasteiger partial charge >= 0.3 is 0 Å². The molecule has 3 amide bonds. The van der Waals surface area contributed by atoms with Crippen LogP contribution in [0, 0.1) is 11.8 Å². The smallest absolute Gasteiger partial charge is 0.247 e. The summed E-state index contributed by atoms with van der Waals surface area (Å²) in [6.07, 6.45) is 5.26. The van der Waals surface area contributed by atoms with Crippen LogP contribution in [0.4, 0.5) is 0 Å². The topological polar surface area (TPSA) is 93.6 Å². The van der Waals surface area contributed by atoms with E-state index in [2.05, 4.69) is 25.0 Å². The molecule has 5 rings (SSSR count). The number of ether oxygens (including phenoxy) is 1. The van der Waals surface area contributed by atoms with Gasteiger partial charge in [0.1, 0.15) is 6.04 Å². The van der Waals surface area contributed by atoms with Gasteiger partial charge < -0.3 is 24.5 Å². The van der Waals surface area contributed by atoms with E-state index in [9.17, 15) is 19.5 Å². The van der Waals surface area contributed by atoms with E-state index in [1.165, 1.54) is 0 Å². The summed E-state index contributed by atoms with van der Waals surface area (Å²) < 4.78 is 4.30. The molecule has 1 aromatic rings. The molecule has 0 saturated carbocycles. The summed E-state index contributed by atoms with van der Waals surface area (Å²) in [7, 11) is 1.75. The van der Waals surface area contributed by atoms with Crippen molar-refractivity contribution in [2.45, 2.75) is 47.8 Å². The molecule has 1 N–H and O–H groups in total. The number of amides is 3. The van der Waals surface area contributed by atoms with Gasteiger partial charge in [-0.05, 0) is 31.7 Å². The van der Waals surface area contributed by atoms with E-state index in [-0.39, 0.29) is 24.3 Å². The van der Waals surface area contributed by atoms with Crippen LogP contribution >= 0.6 is 11.8 Å². The highest BCUT2D eigenvalue weighted by molar-refractivity contribution is 8.02. The van der Waals surface area contributed by atoms with Crippen LogP contribution in [0.25, 0.3) is 0 Å². The lowest BCUT2D eigenvalue weighted by molar-refractivity contribution is -0.147. The van der Waals surface area contributed by atoms with Gasteiger partial charge in [0.15, 0.2) is 0 Å². The van der Waals surface area contributed by atoms with Gasteiger partial charge in [-0.15, -0.1) is 24.9 Å². The summed E-state index contributed by atoms with van der Waals surface area (Å²) >= 11 is 1.67. The van der Waals surface area contributed by atoms with Gasteiger partial charge in [0.05, 0.1) is 42.4 Å². The highest BCUT2D eigenvalue weighted by Crippen LogP contribution is 2.71. The number of fused-ring (bicyclic) bond motifs is 1. The van der Waals surface area contributed by atoms with E-state index in [0.29, 0.717) is 52.2 Å². The van der Waals surface area contributed by atoms with Crippen LogP contribution in [-0.2, 0) is 25.5 Å². The van der Waals surface area contributed by atoms with Gasteiger partial charge in [0, 0.05) is 51.1 Å². The lowest BCUT2D eigenvalue weighted by Crippen LogP contribution is -2.58. The molecule has 0 aromatic heterocycles. The number of hydrogen-bond donors (Lipinski definition) is 1. The molecule has 0 radical (unpaired) electrons. The zero-order valence-electron chi connectivity index (χ0n) is 25.5. The lowest BCUT2D eigenvalue weighted by Gasteiger charge is -2.40. The molecule has 43 heavy (non-hydrogen) atoms. The molecular formula is C33H46N4O5S. The second-order valence-electron chi connectivity index (χ2n) is 12.5. The molecule has 9 nitrogen and oxygen atoms in total. The highest BCUT2D eigenvalue weighted by Gasteiger charge is 2.78. The minimum absolute atomic E-state index is 0.0817. The Hall–Kier alpha value is -2.66. The van der Waals surface area contributed by atoms with Crippen molar-refractivity contribution in [2.24, 2.45) is 11.8 Å². The van der Waals surface area contributed by atoms with Crippen molar-refractivity contribution < 1.29 is 24.2 Å². The Kier molecular flexibility index (Phi) is 9.70. The average Bonchev–Trinajstić information content (AvgIpc) is 3.59. The molecule has 6 atom stereocenters. The van der Waals surface area contributed by atoms with Crippen LogP contribution in [0.15, 0.2) is 55.6 Å². The Morgan fingerprint density at radius 2 is 1.84 bits per heavy atom. The normalized spacial score (nSPS) is 30.6. The fourth-order valence-corrected chi connectivity index (χ4v) is 10.1. The maximum Gasteiger partial charge on any atom is 0.247 e. The Labute approximate surface area is 259 Å². The first-order valence-electron chi connectivity index (χ1n) is 15.4. The third-order valence-corrected chi connectivity index (χ3v) is 11.8. The largest absolute Gasteiger partial charge is 0.394 e. The molecule has 4 saturated heterocycles. The van der Waals surface area contributed by atoms with Crippen LogP contribution in [0.1, 0.15) is 25.3 Å². The molecule has 4 fully saturated rings. The van der Waals surface area contributed by atoms with Gasteiger partial charge in [0.2, 0.25) is 17.7 Å². The average molecular weight is 611 g/mol. The summed E-state index contributed by atoms with van der Waals surface area (Å²) in [4.78, 5) is 50.9. The van der Waals surface area contributed by atoms with E-state index in [1.54, 1.807) is 40.8 Å². The number of rotatable bonds is 13. The molecule has 1 spiro atoms. The van der Waals surface area contributed by atoms with Crippen molar-refractivity contribution in [1.82, 2.24) is 19.6 Å². The lowest BCUT2D eigenvalue weighted by atomic mass is 9.66. The number of benzene rings is 1. The fraction of sp³-hybridized carbons (Fsp3) is 0.606. The zero-order chi connectivity index (χ0) is 30.8.